The highest BCUT2D eigenvalue weighted by Crippen LogP contribution is 2.20. The summed E-state index contributed by atoms with van der Waals surface area (Å²) < 4.78 is 5.53. The van der Waals surface area contributed by atoms with Crippen LogP contribution in [0.15, 0.2) is 30.3 Å². The Balaban J connectivity index is 2.01. The lowest BCUT2D eigenvalue weighted by molar-refractivity contribution is 0.190. The summed E-state index contributed by atoms with van der Waals surface area (Å²) in [6.07, 6.45) is 5.82. The van der Waals surface area contributed by atoms with E-state index in [-0.39, 0.29) is 0 Å². The van der Waals surface area contributed by atoms with E-state index < -0.39 is 0 Å². The average molecular weight is 215 g/mol. The number of hydrogen-bond acceptors (Lipinski definition) is 3. The van der Waals surface area contributed by atoms with Crippen molar-refractivity contribution in [3.63, 3.8) is 0 Å². The van der Waals surface area contributed by atoms with Crippen molar-refractivity contribution >= 4 is 17.1 Å². The van der Waals surface area contributed by atoms with Gasteiger partial charge < -0.3 is 9.72 Å². The molecule has 0 spiro atoms. The van der Waals surface area contributed by atoms with E-state index >= 15 is 0 Å². The van der Waals surface area contributed by atoms with Crippen LogP contribution in [-0.4, -0.2) is 35.2 Å². The second-order valence-corrected chi connectivity index (χ2v) is 4.04. The van der Waals surface area contributed by atoms with Crippen LogP contribution in [-0.2, 0) is 4.74 Å². The standard InChI is InChI=1S/C12H13N3O/c1-15-7-10(16-8-15)5-9-6-14-11-3-2-4-13-12(9)11/h2-6,14H,7-8H2,1H3/b10-5-. The molecule has 0 aromatic carbocycles. The molecule has 0 aliphatic carbocycles. The van der Waals surface area contributed by atoms with Gasteiger partial charge in [0.25, 0.3) is 0 Å². The molecule has 2 aromatic heterocycles. The summed E-state index contributed by atoms with van der Waals surface area (Å²) in [5, 5.41) is 0. The first-order valence-electron chi connectivity index (χ1n) is 5.27. The molecule has 3 rings (SSSR count). The fourth-order valence-corrected chi connectivity index (χ4v) is 1.90. The lowest BCUT2D eigenvalue weighted by atomic mass is 10.2. The molecule has 4 heteroatoms. The maximum absolute atomic E-state index is 5.53. The van der Waals surface area contributed by atoms with Gasteiger partial charge in [-0.05, 0) is 25.3 Å². The van der Waals surface area contributed by atoms with Gasteiger partial charge in [0.05, 0.1) is 17.6 Å². The summed E-state index contributed by atoms with van der Waals surface area (Å²) >= 11 is 0. The molecule has 4 nitrogen and oxygen atoms in total. The molecule has 3 heterocycles. The van der Waals surface area contributed by atoms with Crippen molar-refractivity contribution in [1.82, 2.24) is 14.9 Å². The number of hydrogen-bond donors (Lipinski definition) is 1. The first-order valence-corrected chi connectivity index (χ1v) is 5.27. The van der Waals surface area contributed by atoms with E-state index in [1.54, 1.807) is 6.20 Å². The highest BCUT2D eigenvalue weighted by molar-refractivity contribution is 5.85. The molecule has 16 heavy (non-hydrogen) atoms. The second-order valence-electron chi connectivity index (χ2n) is 4.04. The van der Waals surface area contributed by atoms with E-state index in [0.29, 0.717) is 6.73 Å². The Morgan fingerprint density at radius 3 is 3.31 bits per heavy atom. The Bertz CT molecular complexity index is 544. The number of likely N-dealkylation sites (N-methyl/N-ethyl adjacent to an activating group) is 1. The molecule has 2 aromatic rings. The zero-order valence-corrected chi connectivity index (χ0v) is 9.10. The predicted octanol–water partition coefficient (Wildman–Crippen LogP) is 1.82. The van der Waals surface area contributed by atoms with Crippen LogP contribution in [0.2, 0.25) is 0 Å². The van der Waals surface area contributed by atoms with Crippen LogP contribution in [0, 0.1) is 0 Å². The van der Waals surface area contributed by atoms with Gasteiger partial charge in [0, 0.05) is 18.0 Å². The van der Waals surface area contributed by atoms with Gasteiger partial charge in [-0.25, -0.2) is 0 Å². The largest absolute Gasteiger partial charge is 0.481 e. The summed E-state index contributed by atoms with van der Waals surface area (Å²) in [5.74, 6) is 0.994. The molecule has 0 atom stereocenters. The van der Waals surface area contributed by atoms with Crippen molar-refractivity contribution in [2.75, 3.05) is 20.3 Å². The summed E-state index contributed by atoms with van der Waals surface area (Å²) in [6.45, 7) is 1.53. The molecule has 1 aliphatic rings. The number of aromatic amines is 1. The Hall–Kier alpha value is -1.81. The highest BCUT2D eigenvalue weighted by atomic mass is 16.5. The predicted molar refractivity (Wildman–Crippen MR) is 62.7 cm³/mol. The molecule has 0 unspecified atom stereocenters. The van der Waals surface area contributed by atoms with Crippen molar-refractivity contribution in [3.05, 3.63) is 35.8 Å². The third kappa shape index (κ3) is 1.57. The molecular formula is C12H13N3O. The van der Waals surface area contributed by atoms with Gasteiger partial charge in [0.1, 0.15) is 12.5 Å². The third-order valence-electron chi connectivity index (χ3n) is 2.68. The fourth-order valence-electron chi connectivity index (χ4n) is 1.90. The molecule has 1 N–H and O–H groups in total. The minimum atomic E-state index is 0.668. The van der Waals surface area contributed by atoms with E-state index in [2.05, 4.69) is 20.9 Å². The first-order chi connectivity index (χ1) is 7.83. The molecule has 0 radical (unpaired) electrons. The minimum Gasteiger partial charge on any atom is -0.481 e. The maximum Gasteiger partial charge on any atom is 0.141 e. The minimum absolute atomic E-state index is 0.668. The van der Waals surface area contributed by atoms with E-state index in [9.17, 15) is 0 Å². The van der Waals surface area contributed by atoms with Gasteiger partial charge in [0.2, 0.25) is 0 Å². The van der Waals surface area contributed by atoms with Crippen LogP contribution in [0.3, 0.4) is 0 Å². The van der Waals surface area contributed by atoms with Gasteiger partial charge in [-0.3, -0.25) is 9.88 Å². The van der Waals surface area contributed by atoms with Gasteiger partial charge in [0.15, 0.2) is 0 Å². The van der Waals surface area contributed by atoms with Crippen molar-refractivity contribution in [3.8, 4) is 0 Å². The van der Waals surface area contributed by atoms with E-state index in [0.717, 1.165) is 28.9 Å². The van der Waals surface area contributed by atoms with Gasteiger partial charge in [-0.15, -0.1) is 0 Å². The number of ether oxygens (including phenoxy) is 1. The Labute approximate surface area is 93.5 Å². The Kier molecular flexibility index (Phi) is 2.15. The zero-order valence-electron chi connectivity index (χ0n) is 9.10. The molecule has 1 fully saturated rings. The number of rotatable bonds is 1. The summed E-state index contributed by atoms with van der Waals surface area (Å²) in [5.41, 5.74) is 3.13. The molecule has 82 valence electrons. The van der Waals surface area contributed by atoms with Crippen LogP contribution in [0.4, 0.5) is 0 Å². The van der Waals surface area contributed by atoms with Crippen molar-refractivity contribution in [1.29, 1.82) is 0 Å². The smallest absolute Gasteiger partial charge is 0.141 e. The first kappa shape index (κ1) is 9.42. The number of nitrogens with one attached hydrogen (secondary N) is 1. The number of nitrogens with zero attached hydrogens (tertiary/aromatic N) is 2. The van der Waals surface area contributed by atoms with Gasteiger partial charge in [-0.1, -0.05) is 0 Å². The molecular weight excluding hydrogens is 202 g/mol. The molecule has 1 saturated heterocycles. The van der Waals surface area contributed by atoms with Crippen molar-refractivity contribution in [2.24, 2.45) is 0 Å². The lowest BCUT2D eigenvalue weighted by Gasteiger charge is -1.97. The van der Waals surface area contributed by atoms with Crippen molar-refractivity contribution < 1.29 is 4.74 Å². The Morgan fingerprint density at radius 1 is 1.56 bits per heavy atom. The van der Waals surface area contributed by atoms with Crippen LogP contribution in [0.25, 0.3) is 17.1 Å². The summed E-state index contributed by atoms with van der Waals surface area (Å²) in [6, 6.07) is 3.95. The SMILES string of the molecule is CN1CO/C(=C\c2c[nH]c3cccnc23)C1. The molecule has 1 aliphatic heterocycles. The van der Waals surface area contributed by atoms with Gasteiger partial charge in [-0.2, -0.15) is 0 Å². The van der Waals surface area contributed by atoms with Crippen LogP contribution in [0.1, 0.15) is 5.56 Å². The number of fused-ring (bicyclic) bond motifs is 1. The van der Waals surface area contributed by atoms with E-state index in [1.165, 1.54) is 0 Å². The maximum atomic E-state index is 5.53. The molecule has 0 amide bonds. The topological polar surface area (TPSA) is 41.1 Å². The lowest BCUT2D eigenvalue weighted by Crippen LogP contribution is -2.11. The monoisotopic (exact) mass is 215 g/mol. The van der Waals surface area contributed by atoms with Crippen molar-refractivity contribution in [2.45, 2.75) is 0 Å². The highest BCUT2D eigenvalue weighted by Gasteiger charge is 2.14. The molecule has 0 bridgehead atoms. The third-order valence-corrected chi connectivity index (χ3v) is 2.68. The van der Waals surface area contributed by atoms with Crippen LogP contribution >= 0.6 is 0 Å². The number of aromatic nitrogens is 2. The second kappa shape index (κ2) is 3.64. The number of pyridine rings is 1. The Morgan fingerprint density at radius 2 is 2.50 bits per heavy atom. The zero-order chi connectivity index (χ0) is 11.0. The fraction of sp³-hybridized carbons (Fsp3) is 0.250. The van der Waals surface area contributed by atoms with E-state index in [1.807, 2.05) is 25.4 Å². The summed E-state index contributed by atoms with van der Waals surface area (Å²) in [4.78, 5) is 9.67. The van der Waals surface area contributed by atoms with Crippen LogP contribution < -0.4 is 0 Å². The molecule has 0 saturated carbocycles. The van der Waals surface area contributed by atoms with Crippen LogP contribution in [0.5, 0.6) is 0 Å². The quantitative estimate of drug-likeness (QED) is 0.789. The normalized spacial score (nSPS) is 19.4. The summed E-state index contributed by atoms with van der Waals surface area (Å²) in [7, 11) is 2.04. The average Bonchev–Trinajstić information content (AvgIpc) is 2.87. The van der Waals surface area contributed by atoms with Gasteiger partial charge >= 0.3 is 0 Å². The van der Waals surface area contributed by atoms with E-state index in [4.69, 9.17) is 4.74 Å². The number of H-pyrrole nitrogens is 1.